The Morgan fingerprint density at radius 2 is 1.72 bits per heavy atom. The molecule has 0 atom stereocenters. The second-order valence-electron chi connectivity index (χ2n) is 7.66. The summed E-state index contributed by atoms with van der Waals surface area (Å²) in [6, 6.07) is 24.7. The number of nitrogens with zero attached hydrogens (tertiary/aromatic N) is 4. The number of pyridine rings is 1. The zero-order valence-electron chi connectivity index (χ0n) is 18.7. The molecule has 0 aliphatic carbocycles. The molecule has 0 aliphatic heterocycles. The number of aliphatic imine (C=N–C) groups is 1. The van der Waals surface area contributed by atoms with Crippen LogP contribution in [0.4, 0.5) is 0 Å². The highest BCUT2D eigenvalue weighted by atomic mass is 15.3. The molecule has 2 aromatic carbocycles. The molecule has 6 nitrogen and oxygen atoms in total. The van der Waals surface area contributed by atoms with Crippen molar-refractivity contribution in [2.75, 3.05) is 7.05 Å². The SMILES string of the molecule is CN=C(NCc1cccc(-c2ccccn2)c1)NCc1ccccc1-n1nc(C)cc1C. The van der Waals surface area contributed by atoms with Crippen LogP contribution in [0, 0.1) is 13.8 Å². The van der Waals surface area contributed by atoms with Crippen LogP contribution in [0.25, 0.3) is 16.9 Å². The zero-order valence-corrected chi connectivity index (χ0v) is 18.7. The summed E-state index contributed by atoms with van der Waals surface area (Å²) >= 11 is 0. The topological polar surface area (TPSA) is 67.1 Å². The van der Waals surface area contributed by atoms with Crippen molar-refractivity contribution in [1.29, 1.82) is 0 Å². The van der Waals surface area contributed by atoms with E-state index in [1.54, 1.807) is 7.05 Å². The van der Waals surface area contributed by atoms with Crippen LogP contribution in [0.1, 0.15) is 22.5 Å². The van der Waals surface area contributed by atoms with Gasteiger partial charge in [-0.2, -0.15) is 5.10 Å². The molecule has 4 rings (SSSR count). The smallest absolute Gasteiger partial charge is 0.191 e. The first-order valence-corrected chi connectivity index (χ1v) is 10.7. The van der Waals surface area contributed by atoms with Crippen molar-refractivity contribution in [1.82, 2.24) is 25.4 Å². The van der Waals surface area contributed by atoms with Crippen molar-refractivity contribution in [2.24, 2.45) is 4.99 Å². The average Bonchev–Trinajstić information content (AvgIpc) is 3.17. The molecule has 6 heteroatoms. The monoisotopic (exact) mass is 424 g/mol. The third-order valence-corrected chi connectivity index (χ3v) is 5.25. The van der Waals surface area contributed by atoms with Crippen LogP contribution in [0.15, 0.2) is 84.0 Å². The Bertz CT molecular complexity index is 1210. The van der Waals surface area contributed by atoms with Gasteiger partial charge in [0.2, 0.25) is 0 Å². The second kappa shape index (κ2) is 9.92. The molecule has 0 unspecified atom stereocenters. The van der Waals surface area contributed by atoms with Crippen molar-refractivity contribution >= 4 is 5.96 Å². The first kappa shape index (κ1) is 21.3. The highest BCUT2D eigenvalue weighted by Crippen LogP contribution is 2.18. The fourth-order valence-electron chi connectivity index (χ4n) is 3.70. The summed E-state index contributed by atoms with van der Waals surface area (Å²) in [7, 11) is 1.78. The highest BCUT2D eigenvalue weighted by Gasteiger charge is 2.09. The summed E-state index contributed by atoms with van der Waals surface area (Å²) < 4.78 is 1.99. The van der Waals surface area contributed by atoms with Gasteiger partial charge < -0.3 is 10.6 Å². The number of guanidine groups is 1. The molecule has 4 aromatic rings. The van der Waals surface area contributed by atoms with E-state index in [-0.39, 0.29) is 0 Å². The molecule has 162 valence electrons. The summed E-state index contributed by atoms with van der Waals surface area (Å²) in [4.78, 5) is 8.82. The fourth-order valence-corrected chi connectivity index (χ4v) is 3.70. The molecule has 0 bridgehead atoms. The molecule has 2 aromatic heterocycles. The molecule has 0 saturated carbocycles. The van der Waals surface area contributed by atoms with Gasteiger partial charge in [-0.05, 0) is 55.3 Å². The number of benzene rings is 2. The molecule has 0 aliphatic rings. The second-order valence-corrected chi connectivity index (χ2v) is 7.66. The van der Waals surface area contributed by atoms with Crippen LogP contribution >= 0.6 is 0 Å². The number of aryl methyl sites for hydroxylation is 2. The Hall–Kier alpha value is -3.93. The van der Waals surface area contributed by atoms with Crippen molar-refractivity contribution in [3.8, 4) is 16.9 Å². The van der Waals surface area contributed by atoms with Crippen molar-refractivity contribution < 1.29 is 0 Å². The standard InChI is InChI=1S/C26H28N6/c1-19-15-20(2)32(31-19)25-13-5-4-10-23(25)18-30-26(27-3)29-17-21-9-8-11-22(16-21)24-12-6-7-14-28-24/h4-16H,17-18H2,1-3H3,(H2,27,29,30). The van der Waals surface area contributed by atoms with Crippen LogP contribution in [0.5, 0.6) is 0 Å². The van der Waals surface area contributed by atoms with Crippen molar-refractivity contribution in [2.45, 2.75) is 26.9 Å². The van der Waals surface area contributed by atoms with E-state index in [1.165, 1.54) is 5.56 Å². The number of hydrogen-bond donors (Lipinski definition) is 2. The number of aromatic nitrogens is 3. The molecule has 0 amide bonds. The Balaban J connectivity index is 1.41. The molecule has 32 heavy (non-hydrogen) atoms. The summed E-state index contributed by atoms with van der Waals surface area (Å²) in [5.74, 6) is 0.747. The van der Waals surface area contributed by atoms with Crippen molar-refractivity contribution in [3.63, 3.8) is 0 Å². The Morgan fingerprint density at radius 3 is 2.47 bits per heavy atom. The highest BCUT2D eigenvalue weighted by molar-refractivity contribution is 5.79. The van der Waals surface area contributed by atoms with Gasteiger partial charge in [-0.3, -0.25) is 9.98 Å². The van der Waals surface area contributed by atoms with Gasteiger partial charge >= 0.3 is 0 Å². The summed E-state index contributed by atoms with van der Waals surface area (Å²) in [5.41, 5.74) is 7.59. The third kappa shape index (κ3) is 5.03. The maximum atomic E-state index is 4.64. The zero-order chi connectivity index (χ0) is 22.3. The first-order chi connectivity index (χ1) is 15.6. The lowest BCUT2D eigenvalue weighted by atomic mass is 10.1. The van der Waals surface area contributed by atoms with E-state index < -0.39 is 0 Å². The van der Waals surface area contributed by atoms with Gasteiger partial charge in [0.1, 0.15) is 0 Å². The molecule has 0 saturated heterocycles. The normalized spacial score (nSPS) is 11.4. The Labute approximate surface area is 189 Å². The fraction of sp³-hybridized carbons (Fsp3) is 0.192. The van der Waals surface area contributed by atoms with Gasteiger partial charge in [0.15, 0.2) is 5.96 Å². The van der Waals surface area contributed by atoms with Gasteiger partial charge in [0.05, 0.1) is 17.1 Å². The van der Waals surface area contributed by atoms with E-state index in [1.807, 2.05) is 48.1 Å². The van der Waals surface area contributed by atoms with Gasteiger partial charge in [0, 0.05) is 37.6 Å². The number of nitrogens with one attached hydrogen (secondary N) is 2. The van der Waals surface area contributed by atoms with E-state index >= 15 is 0 Å². The van der Waals surface area contributed by atoms with Gasteiger partial charge in [-0.25, -0.2) is 4.68 Å². The Kier molecular flexibility index (Phi) is 6.60. The number of hydrogen-bond acceptors (Lipinski definition) is 3. The van der Waals surface area contributed by atoms with Crippen LogP contribution in [-0.2, 0) is 13.1 Å². The molecular formula is C26H28N6. The van der Waals surface area contributed by atoms with Crippen molar-refractivity contribution in [3.05, 3.63) is 102 Å². The predicted octanol–water partition coefficient (Wildman–Crippen LogP) is 4.42. The summed E-state index contributed by atoms with van der Waals surface area (Å²) in [5, 5.41) is 11.5. The van der Waals surface area contributed by atoms with E-state index in [0.29, 0.717) is 13.1 Å². The molecule has 0 spiro atoms. The van der Waals surface area contributed by atoms with E-state index in [4.69, 9.17) is 0 Å². The lowest BCUT2D eigenvalue weighted by Gasteiger charge is -2.15. The number of rotatable bonds is 6. The third-order valence-electron chi connectivity index (χ3n) is 5.25. The molecule has 2 N–H and O–H groups in total. The minimum Gasteiger partial charge on any atom is -0.352 e. The van der Waals surface area contributed by atoms with Crippen LogP contribution in [-0.4, -0.2) is 27.8 Å². The largest absolute Gasteiger partial charge is 0.352 e. The molecule has 0 radical (unpaired) electrons. The lowest BCUT2D eigenvalue weighted by molar-refractivity contribution is 0.781. The quantitative estimate of drug-likeness (QED) is 0.355. The summed E-state index contributed by atoms with van der Waals surface area (Å²) in [6.07, 6.45) is 1.82. The predicted molar refractivity (Wildman–Crippen MR) is 130 cm³/mol. The lowest BCUT2D eigenvalue weighted by Crippen LogP contribution is -2.36. The molecule has 0 fully saturated rings. The maximum Gasteiger partial charge on any atom is 0.191 e. The van der Waals surface area contributed by atoms with E-state index in [0.717, 1.165) is 39.9 Å². The van der Waals surface area contributed by atoms with Gasteiger partial charge in [-0.1, -0.05) is 42.5 Å². The molecule has 2 heterocycles. The first-order valence-electron chi connectivity index (χ1n) is 10.7. The van der Waals surface area contributed by atoms with Crippen LogP contribution in [0.2, 0.25) is 0 Å². The minimum atomic E-state index is 0.641. The van der Waals surface area contributed by atoms with Crippen LogP contribution < -0.4 is 10.6 Å². The van der Waals surface area contributed by atoms with E-state index in [9.17, 15) is 0 Å². The van der Waals surface area contributed by atoms with E-state index in [2.05, 4.69) is 75.1 Å². The maximum absolute atomic E-state index is 4.64. The Morgan fingerprint density at radius 1 is 0.906 bits per heavy atom. The van der Waals surface area contributed by atoms with Gasteiger partial charge in [0.25, 0.3) is 0 Å². The summed E-state index contributed by atoms with van der Waals surface area (Å²) in [6.45, 7) is 5.39. The number of para-hydroxylation sites is 1. The van der Waals surface area contributed by atoms with Gasteiger partial charge in [-0.15, -0.1) is 0 Å². The minimum absolute atomic E-state index is 0.641. The average molecular weight is 425 g/mol. The van der Waals surface area contributed by atoms with Crippen LogP contribution in [0.3, 0.4) is 0 Å². The molecular weight excluding hydrogens is 396 g/mol.